The zero-order valence-corrected chi connectivity index (χ0v) is 9.84. The molecule has 3 rings (SSSR count). The number of nitrogens with zero attached hydrogens (tertiary/aromatic N) is 2. The molecule has 1 heterocycles. The Balaban J connectivity index is 2.26. The minimum Gasteiger partial charge on any atom is -0.246 e. The molecular weight excluding hydrogens is 224 g/mol. The predicted octanol–water partition coefficient (Wildman–Crippen LogP) is 2.20. The van der Waals surface area contributed by atoms with Crippen molar-refractivity contribution in [2.75, 3.05) is 0 Å². The lowest BCUT2D eigenvalue weighted by Crippen LogP contribution is -2.32. The van der Waals surface area contributed by atoms with E-state index in [9.17, 15) is 4.91 Å². The summed E-state index contributed by atoms with van der Waals surface area (Å²) in [7, 11) is 0. The van der Waals surface area contributed by atoms with Gasteiger partial charge in [-0.15, -0.1) is 4.91 Å². The number of rotatable bonds is 2. The number of aromatic nitrogens is 1. The Morgan fingerprint density at radius 2 is 1.89 bits per heavy atom. The van der Waals surface area contributed by atoms with Gasteiger partial charge in [-0.05, 0) is 29.3 Å². The molecule has 1 aromatic carbocycles. The number of pyridine rings is 1. The van der Waals surface area contributed by atoms with Crippen LogP contribution in [0.15, 0.2) is 47.6 Å². The van der Waals surface area contributed by atoms with E-state index in [1.165, 1.54) is 0 Å². The Bertz CT molecular complexity index is 705. The van der Waals surface area contributed by atoms with Crippen molar-refractivity contribution in [2.45, 2.75) is 12.8 Å². The van der Waals surface area contributed by atoms with E-state index in [0.29, 0.717) is 12.1 Å². The second-order valence-electron chi connectivity index (χ2n) is 4.28. The molecule has 1 aliphatic rings. The molecule has 3 nitrogen and oxygen atoms in total. The standard InChI is InChI=1S/C15H12N2O/c18-17-14-8-4-7-12-9-10-13(16-15(12)14)11-5-2-1-3-6-11/h1-3,5-7,9-10H,4,8H2. The van der Waals surface area contributed by atoms with Gasteiger partial charge < -0.3 is 0 Å². The molecule has 0 radical (unpaired) electrons. The summed E-state index contributed by atoms with van der Waals surface area (Å²) < 4.78 is 0. The zero-order valence-electron chi connectivity index (χ0n) is 9.84. The van der Waals surface area contributed by atoms with Crippen LogP contribution in [-0.2, 0) is 0 Å². The lowest BCUT2D eigenvalue weighted by molar-refractivity contribution is 1.02. The van der Waals surface area contributed by atoms with Crippen LogP contribution in [0.1, 0.15) is 12.8 Å². The smallest absolute Gasteiger partial charge is 0.111 e. The Morgan fingerprint density at radius 1 is 1.06 bits per heavy atom. The van der Waals surface area contributed by atoms with Gasteiger partial charge in [-0.1, -0.05) is 42.5 Å². The van der Waals surface area contributed by atoms with Gasteiger partial charge >= 0.3 is 0 Å². The molecule has 0 fully saturated rings. The van der Waals surface area contributed by atoms with Crippen molar-refractivity contribution in [1.82, 2.24) is 4.98 Å². The molecule has 0 saturated heterocycles. The van der Waals surface area contributed by atoms with Gasteiger partial charge in [0.25, 0.3) is 0 Å². The third-order valence-electron chi connectivity index (χ3n) is 3.12. The predicted molar refractivity (Wildman–Crippen MR) is 71.8 cm³/mol. The lowest BCUT2D eigenvalue weighted by atomic mass is 10.1. The molecule has 0 aliphatic heterocycles. The van der Waals surface area contributed by atoms with Crippen LogP contribution in [0.25, 0.3) is 23.0 Å². The van der Waals surface area contributed by atoms with Crippen molar-refractivity contribution in [1.29, 1.82) is 0 Å². The van der Waals surface area contributed by atoms with Gasteiger partial charge in [-0.3, -0.25) is 0 Å². The van der Waals surface area contributed by atoms with Crippen molar-refractivity contribution >= 4 is 11.8 Å². The number of hydrogen-bond donors (Lipinski definition) is 0. The van der Waals surface area contributed by atoms with Crippen LogP contribution in [0.5, 0.6) is 0 Å². The van der Waals surface area contributed by atoms with Gasteiger partial charge in [0.15, 0.2) is 0 Å². The summed E-state index contributed by atoms with van der Waals surface area (Å²) >= 11 is 0. The van der Waals surface area contributed by atoms with Crippen LogP contribution in [0.2, 0.25) is 0 Å². The highest BCUT2D eigenvalue weighted by Crippen LogP contribution is 2.14. The summed E-state index contributed by atoms with van der Waals surface area (Å²) in [5.41, 5.74) is 2.49. The Kier molecular flexibility index (Phi) is 2.73. The average molecular weight is 236 g/mol. The molecule has 0 saturated carbocycles. The van der Waals surface area contributed by atoms with Crippen molar-refractivity contribution in [2.24, 2.45) is 5.18 Å². The molecule has 0 amide bonds. The summed E-state index contributed by atoms with van der Waals surface area (Å²) in [6, 6.07) is 13.9. The summed E-state index contributed by atoms with van der Waals surface area (Å²) in [5, 5.41) is 4.85. The van der Waals surface area contributed by atoms with Gasteiger partial charge in [0.1, 0.15) is 5.70 Å². The highest BCUT2D eigenvalue weighted by atomic mass is 16.3. The van der Waals surface area contributed by atoms with Gasteiger partial charge in [0.05, 0.1) is 11.0 Å². The fourth-order valence-electron chi connectivity index (χ4n) is 2.21. The second kappa shape index (κ2) is 4.53. The second-order valence-corrected chi connectivity index (χ2v) is 4.28. The van der Waals surface area contributed by atoms with Crippen molar-refractivity contribution < 1.29 is 0 Å². The number of hydrogen-bond acceptors (Lipinski definition) is 3. The number of benzene rings is 1. The van der Waals surface area contributed by atoms with Crippen LogP contribution in [0, 0.1) is 4.91 Å². The SMILES string of the molecule is O=NC1=c2nc(-c3ccccc3)ccc2=CCC1. The van der Waals surface area contributed by atoms with E-state index in [0.717, 1.165) is 28.2 Å². The van der Waals surface area contributed by atoms with Crippen LogP contribution in [0.3, 0.4) is 0 Å². The monoisotopic (exact) mass is 236 g/mol. The zero-order chi connectivity index (χ0) is 12.4. The highest BCUT2D eigenvalue weighted by Gasteiger charge is 2.07. The molecule has 3 heteroatoms. The Labute approximate surface area is 104 Å². The quantitative estimate of drug-likeness (QED) is 0.750. The maximum absolute atomic E-state index is 10.8. The number of fused-ring (bicyclic) bond motifs is 1. The Morgan fingerprint density at radius 3 is 2.67 bits per heavy atom. The fraction of sp³-hybridized carbons (Fsp3) is 0.133. The maximum atomic E-state index is 10.8. The molecule has 0 unspecified atom stereocenters. The van der Waals surface area contributed by atoms with Crippen molar-refractivity contribution in [3.63, 3.8) is 0 Å². The van der Waals surface area contributed by atoms with E-state index in [1.807, 2.05) is 42.5 Å². The van der Waals surface area contributed by atoms with Crippen molar-refractivity contribution in [3.05, 3.63) is 57.9 Å². The summed E-state index contributed by atoms with van der Waals surface area (Å²) in [6.07, 6.45) is 3.65. The molecule has 88 valence electrons. The molecule has 0 spiro atoms. The molecule has 0 atom stereocenters. The van der Waals surface area contributed by atoms with Gasteiger partial charge in [0, 0.05) is 5.56 Å². The maximum Gasteiger partial charge on any atom is 0.111 e. The first-order chi connectivity index (χ1) is 8.88. The Hall–Kier alpha value is -2.29. The minimum absolute atomic E-state index is 0.560. The first kappa shape index (κ1) is 10.8. The van der Waals surface area contributed by atoms with Crippen LogP contribution in [0.4, 0.5) is 0 Å². The van der Waals surface area contributed by atoms with E-state index < -0.39 is 0 Å². The van der Waals surface area contributed by atoms with Gasteiger partial charge in [-0.2, -0.15) is 0 Å². The van der Waals surface area contributed by atoms with Crippen molar-refractivity contribution in [3.8, 4) is 11.3 Å². The molecule has 0 bridgehead atoms. The average Bonchev–Trinajstić information content (AvgIpc) is 2.47. The number of nitroso groups, excluding NO2 is 1. The molecule has 18 heavy (non-hydrogen) atoms. The van der Waals surface area contributed by atoms with Crippen LogP contribution in [-0.4, -0.2) is 4.98 Å². The highest BCUT2D eigenvalue weighted by molar-refractivity contribution is 5.60. The van der Waals surface area contributed by atoms with E-state index in [4.69, 9.17) is 0 Å². The van der Waals surface area contributed by atoms with Crippen LogP contribution < -0.4 is 10.6 Å². The third-order valence-corrected chi connectivity index (χ3v) is 3.12. The van der Waals surface area contributed by atoms with Gasteiger partial charge in [-0.25, -0.2) is 4.98 Å². The van der Waals surface area contributed by atoms with E-state index >= 15 is 0 Å². The molecule has 1 aliphatic carbocycles. The van der Waals surface area contributed by atoms with Gasteiger partial charge in [0.2, 0.25) is 0 Å². The summed E-state index contributed by atoms with van der Waals surface area (Å²) in [5.74, 6) is 0. The normalized spacial score (nSPS) is 13.7. The molecule has 2 aromatic rings. The topological polar surface area (TPSA) is 42.3 Å². The lowest BCUT2D eigenvalue weighted by Gasteiger charge is -2.05. The van der Waals surface area contributed by atoms with Crippen LogP contribution >= 0.6 is 0 Å². The van der Waals surface area contributed by atoms with E-state index in [2.05, 4.69) is 16.2 Å². The third kappa shape index (κ3) is 1.84. The largest absolute Gasteiger partial charge is 0.246 e. The molecular formula is C15H12N2O. The van der Waals surface area contributed by atoms with E-state index in [-0.39, 0.29) is 0 Å². The first-order valence-electron chi connectivity index (χ1n) is 5.98. The molecule has 1 aromatic heterocycles. The molecule has 0 N–H and O–H groups in total. The van der Waals surface area contributed by atoms with E-state index in [1.54, 1.807) is 0 Å². The first-order valence-corrected chi connectivity index (χ1v) is 5.98. The fourth-order valence-corrected chi connectivity index (χ4v) is 2.21. The summed E-state index contributed by atoms with van der Waals surface area (Å²) in [4.78, 5) is 15.4. The summed E-state index contributed by atoms with van der Waals surface area (Å²) in [6.45, 7) is 0. The minimum atomic E-state index is 0.560.